The van der Waals surface area contributed by atoms with E-state index in [1.807, 2.05) is 48.7 Å². The van der Waals surface area contributed by atoms with E-state index in [4.69, 9.17) is 4.74 Å². The lowest BCUT2D eigenvalue weighted by atomic mass is 10.1. The van der Waals surface area contributed by atoms with Crippen LogP contribution in [-0.4, -0.2) is 29.2 Å². The summed E-state index contributed by atoms with van der Waals surface area (Å²) in [5.41, 5.74) is 1.01. The van der Waals surface area contributed by atoms with E-state index >= 15 is 0 Å². The molecule has 26 heavy (non-hydrogen) atoms. The second-order valence-corrected chi connectivity index (χ2v) is 6.45. The van der Waals surface area contributed by atoms with E-state index in [2.05, 4.69) is 10.3 Å². The van der Waals surface area contributed by atoms with Crippen LogP contribution in [0, 0.1) is 0 Å². The lowest BCUT2D eigenvalue weighted by Gasteiger charge is -2.14. The van der Waals surface area contributed by atoms with E-state index in [0.29, 0.717) is 16.3 Å². The first kappa shape index (κ1) is 17.9. The molecule has 3 aromatic rings. The van der Waals surface area contributed by atoms with Gasteiger partial charge in [-0.05, 0) is 48.2 Å². The Labute approximate surface area is 155 Å². The first-order valence-corrected chi connectivity index (χ1v) is 9.30. The van der Waals surface area contributed by atoms with Gasteiger partial charge in [0, 0.05) is 11.9 Å². The predicted molar refractivity (Wildman–Crippen MR) is 103 cm³/mol. The number of benzene rings is 2. The Balaban J connectivity index is 1.68. The Morgan fingerprint density at radius 1 is 1.08 bits per heavy atom. The average molecular weight is 366 g/mol. The lowest BCUT2D eigenvalue weighted by Crippen LogP contribution is -2.30. The molecule has 0 fully saturated rings. The number of pyridine rings is 1. The zero-order valence-corrected chi connectivity index (χ0v) is 15.2. The third kappa shape index (κ3) is 4.03. The van der Waals surface area contributed by atoms with Crippen molar-refractivity contribution in [2.45, 2.75) is 18.1 Å². The largest absolute Gasteiger partial charge is 0.449 e. The van der Waals surface area contributed by atoms with Crippen LogP contribution in [0.4, 0.5) is 5.69 Å². The summed E-state index contributed by atoms with van der Waals surface area (Å²) in [6.07, 6.45) is 2.51. The molecule has 1 heterocycles. The number of nitrogens with one attached hydrogen (secondary N) is 1. The highest BCUT2D eigenvalue weighted by Gasteiger charge is 2.21. The highest BCUT2D eigenvalue weighted by Crippen LogP contribution is 2.20. The molecule has 132 valence electrons. The molecule has 6 heteroatoms. The van der Waals surface area contributed by atoms with Gasteiger partial charge in [-0.3, -0.25) is 4.79 Å². The first-order chi connectivity index (χ1) is 12.6. The SMILES string of the molecule is CSc1ncccc1C(=O)O[C@H](C)C(=O)Nc1ccc2ccccc2c1. The van der Waals surface area contributed by atoms with E-state index in [0.717, 1.165) is 10.8 Å². The van der Waals surface area contributed by atoms with Gasteiger partial charge in [-0.25, -0.2) is 9.78 Å². The van der Waals surface area contributed by atoms with Crippen molar-refractivity contribution < 1.29 is 14.3 Å². The zero-order valence-electron chi connectivity index (χ0n) is 14.4. The van der Waals surface area contributed by atoms with Gasteiger partial charge < -0.3 is 10.1 Å². The number of thioether (sulfide) groups is 1. The quantitative estimate of drug-likeness (QED) is 0.543. The average Bonchev–Trinajstić information content (AvgIpc) is 2.67. The number of anilines is 1. The second kappa shape index (κ2) is 8.01. The standard InChI is InChI=1S/C20H18N2O3S/c1-13(25-20(24)17-8-5-11-21-19(17)26-2)18(23)22-16-10-9-14-6-3-4-7-15(14)12-16/h3-13H,1-2H3,(H,22,23)/t13-/m1/s1. The van der Waals surface area contributed by atoms with Crippen LogP contribution in [0.1, 0.15) is 17.3 Å². The smallest absolute Gasteiger partial charge is 0.341 e. The van der Waals surface area contributed by atoms with Crippen LogP contribution in [0.15, 0.2) is 65.8 Å². The molecule has 1 aromatic heterocycles. The Morgan fingerprint density at radius 2 is 1.85 bits per heavy atom. The van der Waals surface area contributed by atoms with Crippen LogP contribution in [0.5, 0.6) is 0 Å². The summed E-state index contributed by atoms with van der Waals surface area (Å²) in [6.45, 7) is 1.55. The van der Waals surface area contributed by atoms with Crippen molar-refractivity contribution in [3.8, 4) is 0 Å². The second-order valence-electron chi connectivity index (χ2n) is 5.66. The fourth-order valence-electron chi connectivity index (χ4n) is 2.50. The van der Waals surface area contributed by atoms with Gasteiger partial charge in [-0.2, -0.15) is 0 Å². The maximum absolute atomic E-state index is 12.4. The molecule has 0 aliphatic heterocycles. The van der Waals surface area contributed by atoms with Crippen LogP contribution in [0.25, 0.3) is 10.8 Å². The fourth-order valence-corrected chi connectivity index (χ4v) is 3.03. The van der Waals surface area contributed by atoms with E-state index in [1.54, 1.807) is 25.3 Å². The topological polar surface area (TPSA) is 68.3 Å². The normalized spacial score (nSPS) is 11.8. The highest BCUT2D eigenvalue weighted by molar-refractivity contribution is 7.98. The predicted octanol–water partition coefficient (Wildman–Crippen LogP) is 4.14. The molecule has 0 bridgehead atoms. The maximum atomic E-state index is 12.4. The van der Waals surface area contributed by atoms with Crippen molar-refractivity contribution in [1.82, 2.24) is 4.98 Å². The Morgan fingerprint density at radius 3 is 2.62 bits per heavy atom. The van der Waals surface area contributed by atoms with Gasteiger partial charge in [0.05, 0.1) is 5.56 Å². The van der Waals surface area contributed by atoms with Gasteiger partial charge in [0.15, 0.2) is 6.10 Å². The van der Waals surface area contributed by atoms with Gasteiger partial charge in [-0.1, -0.05) is 30.3 Å². The van der Waals surface area contributed by atoms with Crippen LogP contribution >= 0.6 is 11.8 Å². The molecule has 0 spiro atoms. The number of amides is 1. The molecule has 0 saturated carbocycles. The minimum atomic E-state index is -0.927. The number of nitrogens with zero attached hydrogens (tertiary/aromatic N) is 1. The van der Waals surface area contributed by atoms with Gasteiger partial charge in [0.2, 0.25) is 0 Å². The van der Waals surface area contributed by atoms with Gasteiger partial charge >= 0.3 is 5.97 Å². The molecular weight excluding hydrogens is 348 g/mol. The van der Waals surface area contributed by atoms with Crippen LogP contribution in [0.2, 0.25) is 0 Å². The first-order valence-electron chi connectivity index (χ1n) is 8.08. The lowest BCUT2D eigenvalue weighted by molar-refractivity contribution is -0.123. The summed E-state index contributed by atoms with van der Waals surface area (Å²) in [4.78, 5) is 28.8. The highest BCUT2D eigenvalue weighted by atomic mass is 32.2. The summed E-state index contributed by atoms with van der Waals surface area (Å²) in [7, 11) is 0. The van der Waals surface area contributed by atoms with Crippen LogP contribution < -0.4 is 5.32 Å². The molecule has 0 aliphatic carbocycles. The Kier molecular flexibility index (Phi) is 5.53. The Bertz CT molecular complexity index is 958. The number of ether oxygens (including phenoxy) is 1. The van der Waals surface area contributed by atoms with Crippen molar-refractivity contribution in [1.29, 1.82) is 0 Å². The van der Waals surface area contributed by atoms with Gasteiger partial charge in [0.1, 0.15) is 5.03 Å². The molecule has 0 saturated heterocycles. The summed E-state index contributed by atoms with van der Waals surface area (Å²) < 4.78 is 5.30. The summed E-state index contributed by atoms with van der Waals surface area (Å²) >= 11 is 1.35. The van der Waals surface area contributed by atoms with E-state index < -0.39 is 12.1 Å². The molecular formula is C20H18N2O3S. The number of carbonyl (C=O) groups is 2. The molecule has 1 atom stereocenters. The van der Waals surface area contributed by atoms with E-state index in [1.165, 1.54) is 11.8 Å². The maximum Gasteiger partial charge on any atom is 0.341 e. The zero-order chi connectivity index (χ0) is 18.5. The van der Waals surface area contributed by atoms with Crippen molar-refractivity contribution in [2.75, 3.05) is 11.6 Å². The molecule has 0 aliphatic rings. The molecule has 0 radical (unpaired) electrons. The van der Waals surface area contributed by atoms with Crippen molar-refractivity contribution in [2.24, 2.45) is 0 Å². The third-order valence-electron chi connectivity index (χ3n) is 3.85. The van der Waals surface area contributed by atoms with Crippen molar-refractivity contribution >= 4 is 40.1 Å². The van der Waals surface area contributed by atoms with Gasteiger partial charge in [-0.15, -0.1) is 11.8 Å². The number of aromatic nitrogens is 1. The number of fused-ring (bicyclic) bond motifs is 1. The monoisotopic (exact) mass is 366 g/mol. The number of rotatable bonds is 5. The minimum absolute atomic E-state index is 0.352. The molecule has 3 rings (SSSR count). The number of hydrogen-bond acceptors (Lipinski definition) is 5. The molecule has 0 unspecified atom stereocenters. The summed E-state index contributed by atoms with van der Waals surface area (Å²) in [5, 5.41) is 5.46. The fraction of sp³-hybridized carbons (Fsp3) is 0.150. The molecule has 5 nitrogen and oxygen atoms in total. The number of hydrogen-bond donors (Lipinski definition) is 1. The molecule has 1 N–H and O–H groups in total. The van der Waals surface area contributed by atoms with Gasteiger partial charge in [0.25, 0.3) is 5.91 Å². The van der Waals surface area contributed by atoms with Crippen LogP contribution in [-0.2, 0) is 9.53 Å². The summed E-state index contributed by atoms with van der Waals surface area (Å²) in [5.74, 6) is -0.952. The van der Waals surface area contributed by atoms with E-state index in [-0.39, 0.29) is 5.91 Å². The summed E-state index contributed by atoms with van der Waals surface area (Å²) in [6, 6.07) is 16.8. The van der Waals surface area contributed by atoms with Crippen LogP contribution in [0.3, 0.4) is 0 Å². The number of esters is 1. The van der Waals surface area contributed by atoms with Crippen molar-refractivity contribution in [3.05, 3.63) is 66.4 Å². The molecule has 2 aromatic carbocycles. The number of carbonyl (C=O) groups excluding carboxylic acids is 2. The molecule has 1 amide bonds. The minimum Gasteiger partial charge on any atom is -0.449 e. The Hall–Kier alpha value is -2.86. The van der Waals surface area contributed by atoms with Crippen molar-refractivity contribution in [3.63, 3.8) is 0 Å². The third-order valence-corrected chi connectivity index (χ3v) is 4.57. The van der Waals surface area contributed by atoms with E-state index in [9.17, 15) is 9.59 Å².